The lowest BCUT2D eigenvalue weighted by atomic mass is 10.1. The van der Waals surface area contributed by atoms with E-state index in [2.05, 4.69) is 42.3 Å². The molecule has 0 saturated carbocycles. The molecule has 1 aromatic carbocycles. The predicted octanol–water partition coefficient (Wildman–Crippen LogP) is 2.70. The largest absolute Gasteiger partial charge is 0.496 e. The van der Waals surface area contributed by atoms with Crippen LogP contribution in [0.5, 0.6) is 5.75 Å². The Labute approximate surface area is 123 Å². The zero-order valence-electron chi connectivity index (χ0n) is 13.1. The summed E-state index contributed by atoms with van der Waals surface area (Å²) in [6.07, 6.45) is 3.53. The van der Waals surface area contributed by atoms with Crippen molar-refractivity contribution in [3.63, 3.8) is 0 Å². The Kier molecular flexibility index (Phi) is 5.86. The van der Waals surface area contributed by atoms with Gasteiger partial charge in [0.2, 0.25) is 0 Å². The lowest BCUT2D eigenvalue weighted by Crippen LogP contribution is -2.43. The number of rotatable bonds is 4. The Morgan fingerprint density at radius 2 is 1.80 bits per heavy atom. The van der Waals surface area contributed by atoms with Crippen LogP contribution in [0.1, 0.15) is 32.3 Å². The van der Waals surface area contributed by atoms with Gasteiger partial charge in [-0.05, 0) is 57.8 Å². The highest BCUT2D eigenvalue weighted by atomic mass is 16.5. The first-order chi connectivity index (χ1) is 9.69. The van der Waals surface area contributed by atoms with E-state index in [0.29, 0.717) is 12.1 Å². The number of para-hydroxylation sites is 1. The maximum absolute atomic E-state index is 5.44. The van der Waals surface area contributed by atoms with Gasteiger partial charge < -0.3 is 15.0 Å². The SMILES string of the molecule is COc1ccccc1CCN1CCC(C)NC(C)CC1. The Balaban J connectivity index is 1.88. The van der Waals surface area contributed by atoms with Crippen LogP contribution in [0.4, 0.5) is 0 Å². The third kappa shape index (κ3) is 4.50. The van der Waals surface area contributed by atoms with Gasteiger partial charge in [0.25, 0.3) is 0 Å². The van der Waals surface area contributed by atoms with Crippen molar-refractivity contribution in [1.29, 1.82) is 0 Å². The standard InChI is InChI=1S/C17H28N2O/c1-14-8-11-19(12-9-15(2)18-14)13-10-16-6-4-5-7-17(16)20-3/h4-7,14-15,18H,8-13H2,1-3H3. The van der Waals surface area contributed by atoms with E-state index >= 15 is 0 Å². The van der Waals surface area contributed by atoms with E-state index in [4.69, 9.17) is 4.74 Å². The van der Waals surface area contributed by atoms with E-state index in [9.17, 15) is 0 Å². The topological polar surface area (TPSA) is 24.5 Å². The van der Waals surface area contributed by atoms with Gasteiger partial charge in [-0.15, -0.1) is 0 Å². The molecule has 0 aliphatic carbocycles. The molecule has 0 bridgehead atoms. The summed E-state index contributed by atoms with van der Waals surface area (Å²) in [5.41, 5.74) is 1.32. The molecule has 1 aliphatic rings. The van der Waals surface area contributed by atoms with Gasteiger partial charge in [0.05, 0.1) is 7.11 Å². The second-order valence-electron chi connectivity index (χ2n) is 5.95. The van der Waals surface area contributed by atoms with Crippen LogP contribution in [0.25, 0.3) is 0 Å². The smallest absolute Gasteiger partial charge is 0.122 e. The lowest BCUT2D eigenvalue weighted by Gasteiger charge is -2.31. The molecule has 20 heavy (non-hydrogen) atoms. The molecule has 1 N–H and O–H groups in total. The van der Waals surface area contributed by atoms with E-state index in [1.165, 1.54) is 31.5 Å². The Morgan fingerprint density at radius 3 is 2.45 bits per heavy atom. The molecule has 3 nitrogen and oxygen atoms in total. The predicted molar refractivity (Wildman–Crippen MR) is 84.4 cm³/mol. The molecule has 112 valence electrons. The normalized spacial score (nSPS) is 24.9. The number of benzene rings is 1. The Morgan fingerprint density at radius 1 is 1.15 bits per heavy atom. The summed E-state index contributed by atoms with van der Waals surface area (Å²) in [5, 5.41) is 3.65. The number of hydrogen-bond acceptors (Lipinski definition) is 3. The molecule has 2 unspecified atom stereocenters. The molecule has 1 saturated heterocycles. The fourth-order valence-electron chi connectivity index (χ4n) is 2.93. The second-order valence-corrected chi connectivity index (χ2v) is 5.95. The quantitative estimate of drug-likeness (QED) is 0.915. The highest BCUT2D eigenvalue weighted by molar-refractivity contribution is 5.33. The second kappa shape index (κ2) is 7.65. The summed E-state index contributed by atoms with van der Waals surface area (Å²) in [6.45, 7) is 8.09. The van der Waals surface area contributed by atoms with Gasteiger partial charge in [-0.1, -0.05) is 18.2 Å². The minimum Gasteiger partial charge on any atom is -0.496 e. The van der Waals surface area contributed by atoms with Crippen molar-refractivity contribution in [3.8, 4) is 5.75 Å². The Hall–Kier alpha value is -1.06. The summed E-state index contributed by atoms with van der Waals surface area (Å²) in [4.78, 5) is 2.60. The summed E-state index contributed by atoms with van der Waals surface area (Å²) in [6, 6.07) is 9.61. The number of nitrogens with zero attached hydrogens (tertiary/aromatic N) is 1. The van der Waals surface area contributed by atoms with Crippen molar-refractivity contribution >= 4 is 0 Å². The number of hydrogen-bond donors (Lipinski definition) is 1. The number of nitrogens with one attached hydrogen (secondary N) is 1. The van der Waals surface area contributed by atoms with Crippen molar-refractivity contribution in [1.82, 2.24) is 10.2 Å². The van der Waals surface area contributed by atoms with Crippen LogP contribution in [-0.2, 0) is 6.42 Å². The maximum Gasteiger partial charge on any atom is 0.122 e. The zero-order valence-corrected chi connectivity index (χ0v) is 13.1. The molecule has 1 heterocycles. The molecular weight excluding hydrogens is 248 g/mol. The number of methoxy groups -OCH3 is 1. The summed E-state index contributed by atoms with van der Waals surface area (Å²) in [5.74, 6) is 1.02. The molecule has 1 aliphatic heterocycles. The highest BCUT2D eigenvalue weighted by Gasteiger charge is 2.16. The van der Waals surface area contributed by atoms with E-state index < -0.39 is 0 Å². The third-order valence-electron chi connectivity index (χ3n) is 4.22. The molecule has 3 heteroatoms. The first kappa shape index (κ1) is 15.3. The van der Waals surface area contributed by atoms with Crippen LogP contribution in [0.3, 0.4) is 0 Å². The van der Waals surface area contributed by atoms with Gasteiger partial charge >= 0.3 is 0 Å². The fraction of sp³-hybridized carbons (Fsp3) is 0.647. The van der Waals surface area contributed by atoms with Gasteiger partial charge in [-0.2, -0.15) is 0 Å². The average molecular weight is 276 g/mol. The van der Waals surface area contributed by atoms with Crippen molar-refractivity contribution in [2.24, 2.45) is 0 Å². The molecule has 0 spiro atoms. The van der Waals surface area contributed by atoms with Crippen molar-refractivity contribution in [3.05, 3.63) is 29.8 Å². The molecule has 2 rings (SSSR count). The van der Waals surface area contributed by atoms with Gasteiger partial charge in [0.1, 0.15) is 5.75 Å². The van der Waals surface area contributed by atoms with Gasteiger partial charge in [0, 0.05) is 18.6 Å². The van der Waals surface area contributed by atoms with Crippen LogP contribution < -0.4 is 10.1 Å². The van der Waals surface area contributed by atoms with Crippen molar-refractivity contribution < 1.29 is 4.74 Å². The van der Waals surface area contributed by atoms with Crippen molar-refractivity contribution in [2.45, 2.75) is 45.2 Å². The molecule has 1 aromatic rings. The molecule has 0 radical (unpaired) electrons. The minimum atomic E-state index is 0.624. The summed E-state index contributed by atoms with van der Waals surface area (Å²) in [7, 11) is 1.75. The zero-order chi connectivity index (χ0) is 14.4. The first-order valence-corrected chi connectivity index (χ1v) is 7.79. The van der Waals surface area contributed by atoms with Crippen LogP contribution >= 0.6 is 0 Å². The van der Waals surface area contributed by atoms with E-state index in [-0.39, 0.29) is 0 Å². The van der Waals surface area contributed by atoms with Crippen LogP contribution in [0, 0.1) is 0 Å². The number of ether oxygens (including phenoxy) is 1. The summed E-state index contributed by atoms with van der Waals surface area (Å²) >= 11 is 0. The molecule has 2 atom stereocenters. The third-order valence-corrected chi connectivity index (χ3v) is 4.22. The van der Waals surface area contributed by atoms with E-state index in [0.717, 1.165) is 18.7 Å². The molecule has 0 aromatic heterocycles. The van der Waals surface area contributed by atoms with Gasteiger partial charge in [-0.25, -0.2) is 0 Å². The monoisotopic (exact) mass is 276 g/mol. The highest BCUT2D eigenvalue weighted by Crippen LogP contribution is 2.18. The molecule has 0 amide bonds. The lowest BCUT2D eigenvalue weighted by molar-refractivity contribution is 0.220. The van der Waals surface area contributed by atoms with Crippen LogP contribution in [0.15, 0.2) is 24.3 Å². The van der Waals surface area contributed by atoms with Crippen LogP contribution in [-0.4, -0.2) is 43.7 Å². The molecule has 1 fully saturated rings. The minimum absolute atomic E-state index is 0.624. The molecular formula is C17H28N2O. The van der Waals surface area contributed by atoms with Crippen LogP contribution in [0.2, 0.25) is 0 Å². The van der Waals surface area contributed by atoms with Crippen molar-refractivity contribution in [2.75, 3.05) is 26.7 Å². The Bertz CT molecular complexity index is 396. The summed E-state index contributed by atoms with van der Waals surface area (Å²) < 4.78 is 5.44. The van der Waals surface area contributed by atoms with Gasteiger partial charge in [0.15, 0.2) is 0 Å². The first-order valence-electron chi connectivity index (χ1n) is 7.79. The maximum atomic E-state index is 5.44. The fourth-order valence-corrected chi connectivity index (χ4v) is 2.93. The van der Waals surface area contributed by atoms with Gasteiger partial charge in [-0.3, -0.25) is 0 Å². The van der Waals surface area contributed by atoms with E-state index in [1.54, 1.807) is 7.11 Å². The van der Waals surface area contributed by atoms with E-state index in [1.807, 2.05) is 6.07 Å². The average Bonchev–Trinajstić information content (AvgIpc) is 2.45.